The molecular weight excluding hydrogens is 292 g/mol. The summed E-state index contributed by atoms with van der Waals surface area (Å²) in [7, 11) is 1.43. The molecule has 1 saturated heterocycles. The molecule has 0 amide bonds. The van der Waals surface area contributed by atoms with Gasteiger partial charge in [-0.15, -0.1) is 0 Å². The Hall–Kier alpha value is -1.16. The summed E-state index contributed by atoms with van der Waals surface area (Å²) in [5, 5.41) is 0. The number of epoxide rings is 1. The van der Waals surface area contributed by atoms with Crippen LogP contribution in [-0.2, 0) is 19.1 Å². The largest absolute Gasteiger partial charge is 0.469 e. The number of ketones is 1. The number of esters is 1. The number of hydrogen-bond acceptors (Lipinski definition) is 4. The molecule has 2 atom stereocenters. The zero-order chi connectivity index (χ0) is 16.9. The number of rotatable bonds is 14. The molecule has 0 saturated carbocycles. The summed E-state index contributed by atoms with van der Waals surface area (Å²) >= 11 is 0. The fourth-order valence-corrected chi connectivity index (χ4v) is 2.64. The minimum atomic E-state index is -0.116. The fraction of sp³-hybridized carbons (Fsp3) is 0.789. The molecule has 1 rings (SSSR count). The predicted molar refractivity (Wildman–Crippen MR) is 91.3 cm³/mol. The second-order valence-electron chi connectivity index (χ2n) is 6.30. The molecule has 1 aliphatic heterocycles. The maximum Gasteiger partial charge on any atom is 0.305 e. The van der Waals surface area contributed by atoms with Crippen LogP contribution in [0.25, 0.3) is 0 Å². The first-order valence-corrected chi connectivity index (χ1v) is 9.10. The highest BCUT2D eigenvalue weighted by atomic mass is 16.6. The van der Waals surface area contributed by atoms with Gasteiger partial charge in [-0.3, -0.25) is 9.59 Å². The highest BCUT2D eigenvalue weighted by Crippen LogP contribution is 2.28. The molecule has 0 aromatic heterocycles. The van der Waals surface area contributed by atoms with E-state index in [0.717, 1.165) is 51.4 Å². The molecular formula is C19H32O4. The summed E-state index contributed by atoms with van der Waals surface area (Å²) in [6.45, 7) is 2.14. The van der Waals surface area contributed by atoms with Gasteiger partial charge in [-0.1, -0.05) is 45.4 Å². The molecule has 0 spiro atoms. The van der Waals surface area contributed by atoms with E-state index in [0.29, 0.717) is 18.9 Å². The van der Waals surface area contributed by atoms with Crippen molar-refractivity contribution in [1.82, 2.24) is 0 Å². The van der Waals surface area contributed by atoms with Gasteiger partial charge in [0, 0.05) is 12.8 Å². The van der Waals surface area contributed by atoms with Crippen molar-refractivity contribution in [3.8, 4) is 0 Å². The molecule has 0 bridgehead atoms. The van der Waals surface area contributed by atoms with Crippen molar-refractivity contribution in [2.45, 2.75) is 89.8 Å². The van der Waals surface area contributed by atoms with E-state index in [1.807, 2.05) is 6.08 Å². The first-order valence-electron chi connectivity index (χ1n) is 9.10. The van der Waals surface area contributed by atoms with Crippen molar-refractivity contribution in [2.75, 3.05) is 7.11 Å². The Labute approximate surface area is 140 Å². The quantitative estimate of drug-likeness (QED) is 0.206. The average molecular weight is 324 g/mol. The number of carbonyl (C=O) groups is 2. The number of carbonyl (C=O) groups excluding carboxylic acids is 2. The monoisotopic (exact) mass is 324 g/mol. The number of methoxy groups -OCH3 is 1. The first kappa shape index (κ1) is 19.9. The van der Waals surface area contributed by atoms with Crippen LogP contribution in [0.2, 0.25) is 0 Å². The summed E-state index contributed by atoms with van der Waals surface area (Å²) in [6.07, 6.45) is 15.1. The maximum absolute atomic E-state index is 11.6. The van der Waals surface area contributed by atoms with Crippen LogP contribution in [-0.4, -0.2) is 31.1 Å². The van der Waals surface area contributed by atoms with Gasteiger partial charge in [0.05, 0.1) is 13.2 Å². The van der Waals surface area contributed by atoms with Crippen LogP contribution >= 0.6 is 0 Å². The van der Waals surface area contributed by atoms with Crippen LogP contribution in [0.5, 0.6) is 0 Å². The van der Waals surface area contributed by atoms with Crippen LogP contribution in [0.4, 0.5) is 0 Å². The van der Waals surface area contributed by atoms with Gasteiger partial charge in [-0.2, -0.15) is 0 Å². The van der Waals surface area contributed by atoms with Crippen molar-refractivity contribution >= 4 is 11.8 Å². The van der Waals surface area contributed by atoms with E-state index in [-0.39, 0.29) is 17.9 Å². The molecule has 0 aliphatic carbocycles. The van der Waals surface area contributed by atoms with E-state index in [2.05, 4.69) is 11.7 Å². The normalized spacial score (nSPS) is 19.9. The SMILES string of the molecule is CCCCCC(=O)/C=C/[C@H]1O[C@H]1CCCCCCCC(=O)OC. The molecule has 4 nitrogen and oxygen atoms in total. The predicted octanol–water partition coefficient (Wildman–Crippen LogP) is 4.36. The number of unbranched alkanes of at least 4 members (excludes halogenated alkanes) is 6. The minimum absolute atomic E-state index is 0.116. The van der Waals surface area contributed by atoms with Gasteiger partial charge in [-0.25, -0.2) is 0 Å². The van der Waals surface area contributed by atoms with Crippen LogP contribution in [0.15, 0.2) is 12.2 Å². The second kappa shape index (κ2) is 12.3. The zero-order valence-corrected chi connectivity index (χ0v) is 14.7. The lowest BCUT2D eigenvalue weighted by Crippen LogP contribution is -1.99. The van der Waals surface area contributed by atoms with Gasteiger partial charge in [0.15, 0.2) is 5.78 Å². The lowest BCUT2D eigenvalue weighted by atomic mass is 10.1. The molecule has 0 unspecified atom stereocenters. The lowest BCUT2D eigenvalue weighted by Gasteiger charge is -2.00. The maximum atomic E-state index is 11.6. The third-order valence-corrected chi connectivity index (χ3v) is 4.22. The molecule has 0 aromatic rings. The average Bonchev–Trinajstić information content (AvgIpc) is 3.30. The zero-order valence-electron chi connectivity index (χ0n) is 14.7. The van der Waals surface area contributed by atoms with Crippen LogP contribution in [0, 0.1) is 0 Å². The molecule has 132 valence electrons. The smallest absolute Gasteiger partial charge is 0.305 e. The van der Waals surface area contributed by atoms with E-state index in [1.54, 1.807) is 6.08 Å². The molecule has 4 heteroatoms. The van der Waals surface area contributed by atoms with E-state index in [1.165, 1.54) is 13.5 Å². The van der Waals surface area contributed by atoms with Gasteiger partial charge in [-0.05, 0) is 31.4 Å². The molecule has 0 radical (unpaired) electrons. The topological polar surface area (TPSA) is 55.9 Å². The van der Waals surface area contributed by atoms with Gasteiger partial charge < -0.3 is 9.47 Å². The Bertz CT molecular complexity index is 376. The third kappa shape index (κ3) is 10.3. The van der Waals surface area contributed by atoms with Crippen molar-refractivity contribution in [3.05, 3.63) is 12.2 Å². The number of hydrogen-bond donors (Lipinski definition) is 0. The van der Waals surface area contributed by atoms with Gasteiger partial charge in [0.1, 0.15) is 6.10 Å². The Balaban J connectivity index is 1.92. The molecule has 0 N–H and O–H groups in total. The second-order valence-corrected chi connectivity index (χ2v) is 6.30. The van der Waals surface area contributed by atoms with Crippen molar-refractivity contribution in [3.63, 3.8) is 0 Å². The van der Waals surface area contributed by atoms with Gasteiger partial charge in [0.25, 0.3) is 0 Å². The van der Waals surface area contributed by atoms with E-state index < -0.39 is 0 Å². The highest BCUT2D eigenvalue weighted by Gasteiger charge is 2.35. The van der Waals surface area contributed by atoms with Crippen LogP contribution < -0.4 is 0 Å². The Morgan fingerprint density at radius 3 is 2.43 bits per heavy atom. The van der Waals surface area contributed by atoms with E-state index in [9.17, 15) is 9.59 Å². The molecule has 1 heterocycles. The van der Waals surface area contributed by atoms with Crippen LogP contribution in [0.1, 0.15) is 77.6 Å². The summed E-state index contributed by atoms with van der Waals surface area (Å²) < 4.78 is 10.2. The Kier molecular flexibility index (Phi) is 10.6. The molecule has 23 heavy (non-hydrogen) atoms. The Morgan fingerprint density at radius 2 is 1.70 bits per heavy atom. The third-order valence-electron chi connectivity index (χ3n) is 4.22. The van der Waals surface area contributed by atoms with Gasteiger partial charge in [0.2, 0.25) is 0 Å². The molecule has 0 aromatic carbocycles. The summed E-state index contributed by atoms with van der Waals surface area (Å²) in [5.41, 5.74) is 0. The molecule has 1 fully saturated rings. The van der Waals surface area contributed by atoms with Crippen LogP contribution in [0.3, 0.4) is 0 Å². The Morgan fingerprint density at radius 1 is 1.00 bits per heavy atom. The number of ether oxygens (including phenoxy) is 2. The number of allylic oxidation sites excluding steroid dienone is 1. The first-order chi connectivity index (χ1) is 11.2. The van der Waals surface area contributed by atoms with Crippen molar-refractivity contribution in [2.24, 2.45) is 0 Å². The van der Waals surface area contributed by atoms with E-state index in [4.69, 9.17) is 4.74 Å². The lowest BCUT2D eigenvalue weighted by molar-refractivity contribution is -0.140. The van der Waals surface area contributed by atoms with E-state index >= 15 is 0 Å². The van der Waals surface area contributed by atoms with Gasteiger partial charge >= 0.3 is 5.97 Å². The van der Waals surface area contributed by atoms with Crippen molar-refractivity contribution in [1.29, 1.82) is 0 Å². The summed E-state index contributed by atoms with van der Waals surface area (Å²) in [6, 6.07) is 0. The summed E-state index contributed by atoms with van der Waals surface area (Å²) in [4.78, 5) is 22.6. The fourth-order valence-electron chi connectivity index (χ4n) is 2.64. The standard InChI is InChI=1S/C19H32O4/c1-3-4-8-11-16(20)14-15-18-17(23-18)12-9-6-5-7-10-13-19(21)22-2/h14-15,17-18H,3-13H2,1-2H3/b15-14+/t17-,18+/m0/s1. The molecule has 1 aliphatic rings. The highest BCUT2D eigenvalue weighted by molar-refractivity contribution is 5.89. The summed E-state index contributed by atoms with van der Waals surface area (Å²) in [5.74, 6) is 0.105. The minimum Gasteiger partial charge on any atom is -0.469 e. The van der Waals surface area contributed by atoms with Crippen molar-refractivity contribution < 1.29 is 19.1 Å².